The molecule has 0 spiro atoms. The molecule has 1 aliphatic rings. The van der Waals surface area contributed by atoms with E-state index in [1.54, 1.807) is 0 Å². The summed E-state index contributed by atoms with van der Waals surface area (Å²) in [5.74, 6) is -0.0504. The third-order valence-corrected chi connectivity index (χ3v) is 2.55. The predicted molar refractivity (Wildman–Crippen MR) is 61.0 cm³/mol. The maximum Gasteiger partial charge on any atom is 0.265 e. The van der Waals surface area contributed by atoms with Crippen molar-refractivity contribution in [1.82, 2.24) is 10.4 Å². The van der Waals surface area contributed by atoms with Gasteiger partial charge in [0.15, 0.2) is 0 Å². The Morgan fingerprint density at radius 1 is 1.38 bits per heavy atom. The Hall–Kier alpha value is -1.39. The number of hydrogen-bond donors (Lipinski definition) is 1. The van der Waals surface area contributed by atoms with Crippen molar-refractivity contribution >= 4 is 5.91 Å². The maximum absolute atomic E-state index is 11.9. The van der Waals surface area contributed by atoms with E-state index in [1.807, 2.05) is 36.2 Å². The molecule has 1 fully saturated rings. The van der Waals surface area contributed by atoms with Gasteiger partial charge in [-0.3, -0.25) is 10.2 Å². The van der Waals surface area contributed by atoms with E-state index in [0.717, 1.165) is 18.7 Å². The summed E-state index contributed by atoms with van der Waals surface area (Å²) in [6.45, 7) is 4.82. The second kappa shape index (κ2) is 5.09. The van der Waals surface area contributed by atoms with Crippen LogP contribution in [-0.4, -0.2) is 37.2 Å². The highest BCUT2D eigenvalue weighted by molar-refractivity contribution is 5.93. The SMILES string of the molecule is Cc1cccc(C(=O)NN2CCOCC2)c1. The average molecular weight is 220 g/mol. The monoisotopic (exact) mass is 220 g/mol. The van der Waals surface area contributed by atoms with E-state index in [2.05, 4.69) is 5.43 Å². The van der Waals surface area contributed by atoms with Crippen LogP contribution in [0.5, 0.6) is 0 Å². The minimum Gasteiger partial charge on any atom is -0.379 e. The summed E-state index contributed by atoms with van der Waals surface area (Å²) in [7, 11) is 0. The fourth-order valence-corrected chi connectivity index (χ4v) is 1.67. The van der Waals surface area contributed by atoms with Crippen molar-refractivity contribution < 1.29 is 9.53 Å². The van der Waals surface area contributed by atoms with E-state index in [9.17, 15) is 4.79 Å². The number of hydrazine groups is 1. The topological polar surface area (TPSA) is 41.6 Å². The number of aryl methyl sites for hydroxylation is 1. The molecule has 1 aromatic carbocycles. The zero-order chi connectivity index (χ0) is 11.4. The highest BCUT2D eigenvalue weighted by Gasteiger charge is 2.13. The molecule has 86 valence electrons. The number of nitrogens with zero attached hydrogens (tertiary/aromatic N) is 1. The van der Waals surface area contributed by atoms with Gasteiger partial charge >= 0.3 is 0 Å². The van der Waals surface area contributed by atoms with Crippen molar-refractivity contribution in [2.24, 2.45) is 0 Å². The molecule has 0 saturated carbocycles. The number of carbonyl (C=O) groups excluding carboxylic acids is 1. The fourth-order valence-electron chi connectivity index (χ4n) is 1.67. The van der Waals surface area contributed by atoms with Gasteiger partial charge in [0.05, 0.1) is 13.2 Å². The van der Waals surface area contributed by atoms with E-state index in [-0.39, 0.29) is 5.91 Å². The van der Waals surface area contributed by atoms with Gasteiger partial charge in [-0.1, -0.05) is 17.7 Å². The van der Waals surface area contributed by atoms with Crippen molar-refractivity contribution in [2.45, 2.75) is 6.92 Å². The van der Waals surface area contributed by atoms with Crippen LogP contribution < -0.4 is 5.43 Å². The summed E-state index contributed by atoms with van der Waals surface area (Å²) in [6.07, 6.45) is 0. The number of morpholine rings is 1. The number of rotatable bonds is 2. The van der Waals surface area contributed by atoms with E-state index in [1.165, 1.54) is 0 Å². The summed E-state index contributed by atoms with van der Waals surface area (Å²) in [5.41, 5.74) is 4.67. The molecular formula is C12H16N2O2. The first-order valence-corrected chi connectivity index (χ1v) is 5.46. The minimum absolute atomic E-state index is 0.0504. The molecule has 16 heavy (non-hydrogen) atoms. The lowest BCUT2D eigenvalue weighted by molar-refractivity contribution is 0.0126. The third-order valence-electron chi connectivity index (χ3n) is 2.55. The predicted octanol–water partition coefficient (Wildman–Crippen LogP) is 0.972. The number of hydrogen-bond acceptors (Lipinski definition) is 3. The van der Waals surface area contributed by atoms with E-state index >= 15 is 0 Å². The number of ether oxygens (including phenoxy) is 1. The molecule has 0 aromatic heterocycles. The van der Waals surface area contributed by atoms with Gasteiger partial charge in [0.1, 0.15) is 0 Å². The summed E-state index contributed by atoms with van der Waals surface area (Å²) in [4.78, 5) is 11.9. The Balaban J connectivity index is 1.97. The molecule has 1 heterocycles. The Morgan fingerprint density at radius 3 is 2.81 bits per heavy atom. The number of carbonyl (C=O) groups is 1. The van der Waals surface area contributed by atoms with Crippen LogP contribution in [0.2, 0.25) is 0 Å². The van der Waals surface area contributed by atoms with Gasteiger partial charge in [-0.05, 0) is 19.1 Å². The highest BCUT2D eigenvalue weighted by Crippen LogP contribution is 2.04. The first kappa shape index (κ1) is 11.1. The zero-order valence-electron chi connectivity index (χ0n) is 9.40. The Kier molecular flexibility index (Phi) is 3.54. The molecule has 4 nitrogen and oxygen atoms in total. The number of amides is 1. The maximum atomic E-state index is 11.9. The average Bonchev–Trinajstić information content (AvgIpc) is 2.30. The molecule has 0 atom stereocenters. The van der Waals surface area contributed by atoms with Gasteiger partial charge in [0, 0.05) is 18.7 Å². The van der Waals surface area contributed by atoms with Crippen LogP contribution in [0, 0.1) is 6.92 Å². The minimum atomic E-state index is -0.0504. The fraction of sp³-hybridized carbons (Fsp3) is 0.417. The first-order valence-electron chi connectivity index (χ1n) is 5.46. The zero-order valence-corrected chi connectivity index (χ0v) is 9.40. The first-order chi connectivity index (χ1) is 7.75. The van der Waals surface area contributed by atoms with Gasteiger partial charge in [-0.2, -0.15) is 0 Å². The van der Waals surface area contributed by atoms with Crippen molar-refractivity contribution in [3.63, 3.8) is 0 Å². The van der Waals surface area contributed by atoms with Crippen LogP contribution in [0.25, 0.3) is 0 Å². The van der Waals surface area contributed by atoms with Gasteiger partial charge in [0.2, 0.25) is 0 Å². The second-order valence-electron chi connectivity index (χ2n) is 3.91. The molecule has 4 heteroatoms. The lowest BCUT2D eigenvalue weighted by Gasteiger charge is -2.26. The molecule has 0 bridgehead atoms. The van der Waals surface area contributed by atoms with Crippen LogP contribution in [0.15, 0.2) is 24.3 Å². The molecule has 1 saturated heterocycles. The Morgan fingerprint density at radius 2 is 2.12 bits per heavy atom. The molecule has 1 amide bonds. The van der Waals surface area contributed by atoms with Crippen molar-refractivity contribution in [1.29, 1.82) is 0 Å². The van der Waals surface area contributed by atoms with E-state index in [4.69, 9.17) is 4.74 Å². The quantitative estimate of drug-likeness (QED) is 0.807. The summed E-state index contributed by atoms with van der Waals surface area (Å²) in [5, 5.41) is 1.90. The molecular weight excluding hydrogens is 204 g/mol. The largest absolute Gasteiger partial charge is 0.379 e. The number of nitrogens with one attached hydrogen (secondary N) is 1. The lowest BCUT2D eigenvalue weighted by atomic mass is 10.1. The van der Waals surface area contributed by atoms with Crippen LogP contribution in [-0.2, 0) is 4.74 Å². The summed E-state index contributed by atoms with van der Waals surface area (Å²) >= 11 is 0. The smallest absolute Gasteiger partial charge is 0.265 e. The summed E-state index contributed by atoms with van der Waals surface area (Å²) in [6, 6.07) is 7.58. The molecule has 0 radical (unpaired) electrons. The standard InChI is InChI=1S/C12H16N2O2/c1-10-3-2-4-11(9-10)12(15)13-14-5-7-16-8-6-14/h2-4,9H,5-8H2,1H3,(H,13,15). The van der Waals surface area contributed by atoms with Crippen LogP contribution in [0.4, 0.5) is 0 Å². The Bertz CT molecular complexity index is 373. The Labute approximate surface area is 95.2 Å². The third kappa shape index (κ3) is 2.81. The number of benzene rings is 1. The molecule has 0 aliphatic carbocycles. The van der Waals surface area contributed by atoms with Gasteiger partial charge in [-0.15, -0.1) is 0 Å². The summed E-state index contributed by atoms with van der Waals surface area (Å²) < 4.78 is 5.21. The van der Waals surface area contributed by atoms with Crippen molar-refractivity contribution in [3.8, 4) is 0 Å². The second-order valence-corrected chi connectivity index (χ2v) is 3.91. The lowest BCUT2D eigenvalue weighted by Crippen LogP contribution is -2.48. The normalized spacial score (nSPS) is 17.1. The van der Waals surface area contributed by atoms with Gasteiger partial charge in [-0.25, -0.2) is 5.01 Å². The highest BCUT2D eigenvalue weighted by atomic mass is 16.5. The van der Waals surface area contributed by atoms with Crippen LogP contribution >= 0.6 is 0 Å². The molecule has 1 aromatic rings. The molecule has 2 rings (SSSR count). The van der Waals surface area contributed by atoms with Crippen LogP contribution in [0.3, 0.4) is 0 Å². The van der Waals surface area contributed by atoms with Crippen LogP contribution in [0.1, 0.15) is 15.9 Å². The molecule has 1 N–H and O–H groups in total. The van der Waals surface area contributed by atoms with Gasteiger partial charge in [0.25, 0.3) is 5.91 Å². The van der Waals surface area contributed by atoms with Gasteiger partial charge < -0.3 is 4.74 Å². The molecule has 0 unspecified atom stereocenters. The van der Waals surface area contributed by atoms with E-state index < -0.39 is 0 Å². The van der Waals surface area contributed by atoms with Crippen molar-refractivity contribution in [3.05, 3.63) is 35.4 Å². The van der Waals surface area contributed by atoms with Crippen molar-refractivity contribution in [2.75, 3.05) is 26.3 Å². The molecule has 1 aliphatic heterocycles. The van der Waals surface area contributed by atoms with E-state index in [0.29, 0.717) is 18.8 Å².